The van der Waals surface area contributed by atoms with E-state index in [0.717, 1.165) is 32.0 Å². The number of hydrogen-bond acceptors (Lipinski definition) is 5. The minimum atomic E-state index is -0.205. The van der Waals surface area contributed by atoms with E-state index in [2.05, 4.69) is 20.5 Å². The van der Waals surface area contributed by atoms with Gasteiger partial charge in [0, 0.05) is 38.9 Å². The molecule has 1 aliphatic rings. The largest absolute Gasteiger partial charge is 0.395 e. The molecule has 6 nitrogen and oxygen atoms in total. The van der Waals surface area contributed by atoms with Gasteiger partial charge in [0.15, 0.2) is 0 Å². The van der Waals surface area contributed by atoms with Gasteiger partial charge in [-0.2, -0.15) is 0 Å². The molecule has 0 spiro atoms. The monoisotopic (exact) mass is 250 g/mol. The molecule has 2 heterocycles. The first-order chi connectivity index (χ1) is 8.81. The van der Waals surface area contributed by atoms with E-state index in [1.54, 1.807) is 12.3 Å². The number of nitrogens with zero attached hydrogens (tertiary/aromatic N) is 2. The third kappa shape index (κ3) is 3.18. The van der Waals surface area contributed by atoms with Gasteiger partial charge in [-0.3, -0.25) is 4.79 Å². The Labute approximate surface area is 106 Å². The first-order valence-electron chi connectivity index (χ1n) is 6.12. The second kappa shape index (κ2) is 6.32. The van der Waals surface area contributed by atoms with E-state index in [1.807, 2.05) is 6.07 Å². The molecule has 6 heteroatoms. The molecule has 18 heavy (non-hydrogen) atoms. The number of nitrogens with one attached hydrogen (secondary N) is 2. The summed E-state index contributed by atoms with van der Waals surface area (Å²) in [5.41, 5.74) is 0.516. The highest BCUT2D eigenvalue weighted by atomic mass is 16.3. The number of carbonyl (C=O) groups excluding carboxylic acids is 1. The summed E-state index contributed by atoms with van der Waals surface area (Å²) in [4.78, 5) is 18.1. The zero-order chi connectivity index (χ0) is 12.8. The fourth-order valence-corrected chi connectivity index (χ4v) is 1.87. The summed E-state index contributed by atoms with van der Waals surface area (Å²) < 4.78 is 0. The summed E-state index contributed by atoms with van der Waals surface area (Å²) in [6, 6.07) is 3.62. The van der Waals surface area contributed by atoms with Gasteiger partial charge in [0.2, 0.25) is 0 Å². The normalized spacial score (nSPS) is 15.5. The van der Waals surface area contributed by atoms with Gasteiger partial charge in [0.25, 0.3) is 5.91 Å². The van der Waals surface area contributed by atoms with Crippen LogP contribution in [-0.4, -0.2) is 55.3 Å². The lowest BCUT2D eigenvalue weighted by Gasteiger charge is -2.28. The van der Waals surface area contributed by atoms with Gasteiger partial charge in [-0.1, -0.05) is 0 Å². The number of carbonyl (C=O) groups is 1. The lowest BCUT2D eigenvalue weighted by atomic mass is 10.2. The molecule has 2 rings (SSSR count). The van der Waals surface area contributed by atoms with Crippen molar-refractivity contribution in [2.75, 3.05) is 44.2 Å². The van der Waals surface area contributed by atoms with Gasteiger partial charge in [0.05, 0.1) is 12.2 Å². The molecule has 0 bridgehead atoms. The molecule has 0 saturated carbocycles. The molecule has 1 fully saturated rings. The topological polar surface area (TPSA) is 77.5 Å². The fraction of sp³-hybridized carbons (Fsp3) is 0.500. The number of aromatic nitrogens is 1. The average molecular weight is 250 g/mol. The minimum Gasteiger partial charge on any atom is -0.395 e. The Morgan fingerprint density at radius 2 is 2.22 bits per heavy atom. The molecule has 1 aromatic heterocycles. The molecular weight excluding hydrogens is 232 g/mol. The molecule has 1 amide bonds. The van der Waals surface area contributed by atoms with Crippen molar-refractivity contribution in [1.29, 1.82) is 0 Å². The summed E-state index contributed by atoms with van der Waals surface area (Å²) >= 11 is 0. The van der Waals surface area contributed by atoms with Crippen molar-refractivity contribution in [3.8, 4) is 0 Å². The smallest absolute Gasteiger partial charge is 0.252 e. The molecule has 0 unspecified atom stereocenters. The van der Waals surface area contributed by atoms with E-state index in [1.165, 1.54) is 0 Å². The highest BCUT2D eigenvalue weighted by Gasteiger charge is 2.12. The number of aliphatic hydroxyl groups excluding tert-OH is 1. The lowest BCUT2D eigenvalue weighted by molar-refractivity contribution is 0.0944. The van der Waals surface area contributed by atoms with Gasteiger partial charge >= 0.3 is 0 Å². The van der Waals surface area contributed by atoms with Crippen LogP contribution < -0.4 is 15.5 Å². The maximum atomic E-state index is 11.6. The van der Waals surface area contributed by atoms with E-state index >= 15 is 0 Å². The van der Waals surface area contributed by atoms with Crippen molar-refractivity contribution in [1.82, 2.24) is 15.6 Å². The predicted molar refractivity (Wildman–Crippen MR) is 68.7 cm³/mol. The number of rotatable bonds is 4. The SMILES string of the molecule is O=C(NCCO)c1ccc(N2CCNCC2)nc1. The van der Waals surface area contributed by atoms with Crippen molar-refractivity contribution in [3.63, 3.8) is 0 Å². The second-order valence-corrected chi connectivity index (χ2v) is 4.12. The van der Waals surface area contributed by atoms with Crippen LogP contribution in [0.4, 0.5) is 5.82 Å². The average Bonchev–Trinajstić information content (AvgIpc) is 2.46. The van der Waals surface area contributed by atoms with Crippen molar-refractivity contribution >= 4 is 11.7 Å². The van der Waals surface area contributed by atoms with Gasteiger partial charge in [-0.05, 0) is 12.1 Å². The standard InChI is InChI=1S/C12H18N4O2/c17-8-5-14-12(18)10-1-2-11(15-9-10)16-6-3-13-4-7-16/h1-2,9,13,17H,3-8H2,(H,14,18). The second-order valence-electron chi connectivity index (χ2n) is 4.12. The summed E-state index contributed by atoms with van der Waals surface area (Å²) in [5.74, 6) is 0.693. The molecule has 1 aliphatic heterocycles. The van der Waals surface area contributed by atoms with Gasteiger partial charge in [-0.15, -0.1) is 0 Å². The van der Waals surface area contributed by atoms with Crippen LogP contribution in [0.2, 0.25) is 0 Å². The fourth-order valence-electron chi connectivity index (χ4n) is 1.87. The molecule has 1 aromatic rings. The van der Waals surface area contributed by atoms with E-state index < -0.39 is 0 Å². The zero-order valence-corrected chi connectivity index (χ0v) is 10.2. The predicted octanol–water partition coefficient (Wildman–Crippen LogP) is -0.787. The maximum Gasteiger partial charge on any atom is 0.252 e. The number of hydrogen-bond donors (Lipinski definition) is 3. The molecular formula is C12H18N4O2. The van der Waals surface area contributed by atoms with Gasteiger partial charge < -0.3 is 20.6 Å². The molecule has 3 N–H and O–H groups in total. The van der Waals surface area contributed by atoms with Crippen LogP contribution in [0.15, 0.2) is 18.3 Å². The van der Waals surface area contributed by atoms with Crippen molar-refractivity contribution in [2.45, 2.75) is 0 Å². The first-order valence-corrected chi connectivity index (χ1v) is 6.12. The molecule has 0 aromatic carbocycles. The van der Waals surface area contributed by atoms with E-state index in [-0.39, 0.29) is 19.1 Å². The van der Waals surface area contributed by atoms with E-state index in [9.17, 15) is 4.79 Å². The Morgan fingerprint density at radius 1 is 1.44 bits per heavy atom. The summed E-state index contributed by atoms with van der Waals surface area (Å²) in [6.45, 7) is 3.99. The highest BCUT2D eigenvalue weighted by molar-refractivity contribution is 5.94. The number of anilines is 1. The number of pyridine rings is 1. The van der Waals surface area contributed by atoms with Crippen LogP contribution in [0.5, 0.6) is 0 Å². The molecule has 0 radical (unpaired) electrons. The summed E-state index contributed by atoms with van der Waals surface area (Å²) in [6.07, 6.45) is 1.57. The zero-order valence-electron chi connectivity index (χ0n) is 10.2. The molecule has 0 atom stereocenters. The number of piperazine rings is 1. The van der Waals surface area contributed by atoms with E-state index in [4.69, 9.17) is 5.11 Å². The third-order valence-corrected chi connectivity index (χ3v) is 2.85. The van der Waals surface area contributed by atoms with E-state index in [0.29, 0.717) is 5.56 Å². The quantitative estimate of drug-likeness (QED) is 0.653. The Balaban J connectivity index is 1.98. The minimum absolute atomic E-state index is 0.0575. The van der Waals surface area contributed by atoms with Crippen molar-refractivity contribution in [2.24, 2.45) is 0 Å². The van der Waals surface area contributed by atoms with Gasteiger partial charge in [-0.25, -0.2) is 4.98 Å². The maximum absolute atomic E-state index is 11.6. The van der Waals surface area contributed by atoms with Crippen molar-refractivity contribution < 1.29 is 9.90 Å². The number of aliphatic hydroxyl groups is 1. The van der Waals surface area contributed by atoms with Crippen LogP contribution in [0, 0.1) is 0 Å². The van der Waals surface area contributed by atoms with Crippen LogP contribution in [0.1, 0.15) is 10.4 Å². The molecule has 0 aliphatic carbocycles. The van der Waals surface area contributed by atoms with Crippen LogP contribution in [0.25, 0.3) is 0 Å². The molecule has 98 valence electrons. The van der Waals surface area contributed by atoms with Crippen LogP contribution in [0.3, 0.4) is 0 Å². The van der Waals surface area contributed by atoms with Crippen LogP contribution >= 0.6 is 0 Å². The Kier molecular flexibility index (Phi) is 4.49. The Morgan fingerprint density at radius 3 is 2.83 bits per heavy atom. The lowest BCUT2D eigenvalue weighted by Crippen LogP contribution is -2.43. The first kappa shape index (κ1) is 12.8. The van der Waals surface area contributed by atoms with Crippen molar-refractivity contribution in [3.05, 3.63) is 23.9 Å². The Hall–Kier alpha value is -1.66. The molecule has 1 saturated heterocycles. The Bertz CT molecular complexity index is 388. The summed E-state index contributed by atoms with van der Waals surface area (Å²) in [7, 11) is 0. The third-order valence-electron chi connectivity index (χ3n) is 2.85. The van der Waals surface area contributed by atoms with Gasteiger partial charge in [0.1, 0.15) is 5.82 Å². The summed E-state index contributed by atoms with van der Waals surface area (Å²) in [5, 5.41) is 14.5. The highest BCUT2D eigenvalue weighted by Crippen LogP contribution is 2.11. The number of amides is 1. The van der Waals surface area contributed by atoms with Crippen LogP contribution in [-0.2, 0) is 0 Å².